The van der Waals surface area contributed by atoms with Crippen LogP contribution < -0.4 is 4.90 Å². The molecule has 0 aliphatic carbocycles. The molecule has 1 fully saturated rings. The molecule has 3 aromatic rings. The molecule has 0 radical (unpaired) electrons. The van der Waals surface area contributed by atoms with Crippen molar-refractivity contribution in [1.29, 1.82) is 0 Å². The molecule has 0 saturated carbocycles. The minimum absolute atomic E-state index is 0.180. The maximum absolute atomic E-state index is 13.0. The molecule has 30 heavy (non-hydrogen) atoms. The highest BCUT2D eigenvalue weighted by Crippen LogP contribution is 2.38. The molecule has 1 saturated heterocycles. The molecule has 2 aromatic carbocycles. The number of thioether (sulfide) groups is 1. The Labute approximate surface area is 183 Å². The summed E-state index contributed by atoms with van der Waals surface area (Å²) < 4.78 is 6.31. The Hall–Kier alpha value is -3.16. The van der Waals surface area contributed by atoms with E-state index in [1.54, 1.807) is 41.3 Å². The van der Waals surface area contributed by atoms with Crippen LogP contribution in [0.25, 0.3) is 17.4 Å². The molecule has 5 nitrogen and oxygen atoms in total. The van der Waals surface area contributed by atoms with Crippen molar-refractivity contribution >= 4 is 51.9 Å². The van der Waals surface area contributed by atoms with Crippen LogP contribution in [0.1, 0.15) is 27.2 Å². The van der Waals surface area contributed by atoms with Crippen molar-refractivity contribution < 1.29 is 19.1 Å². The lowest BCUT2D eigenvalue weighted by atomic mass is 10.1. The van der Waals surface area contributed by atoms with Gasteiger partial charge in [0, 0.05) is 11.6 Å². The number of carbonyl (C=O) groups is 2. The average Bonchev–Trinajstić information content (AvgIpc) is 3.28. The molecule has 0 unspecified atom stereocenters. The molecule has 1 amide bonds. The predicted molar refractivity (Wildman–Crippen MR) is 123 cm³/mol. The van der Waals surface area contributed by atoms with Crippen LogP contribution in [-0.4, -0.2) is 21.3 Å². The number of anilines is 1. The Morgan fingerprint density at radius 2 is 1.93 bits per heavy atom. The number of carboxylic acid groups (broad SMARTS) is 1. The third-order valence-corrected chi connectivity index (χ3v) is 5.98. The van der Waals surface area contributed by atoms with Crippen LogP contribution in [0.4, 0.5) is 5.69 Å². The van der Waals surface area contributed by atoms with Crippen LogP contribution in [0.5, 0.6) is 0 Å². The largest absolute Gasteiger partial charge is 0.478 e. The summed E-state index contributed by atoms with van der Waals surface area (Å²) in [4.78, 5) is 26.2. The summed E-state index contributed by atoms with van der Waals surface area (Å²) in [6.07, 6.45) is 1.66. The number of hydrogen-bond donors (Lipinski definition) is 1. The summed E-state index contributed by atoms with van der Waals surface area (Å²) in [6, 6.07) is 15.9. The second kappa shape index (κ2) is 7.93. The average molecular weight is 436 g/mol. The van der Waals surface area contributed by atoms with Gasteiger partial charge in [0.2, 0.25) is 0 Å². The number of nitrogens with zero attached hydrogens (tertiary/aromatic N) is 1. The molecule has 0 atom stereocenters. The first-order valence-corrected chi connectivity index (χ1v) is 10.3. The fraction of sp³-hybridized carbons (Fsp3) is 0.0870. The molecular weight excluding hydrogens is 418 g/mol. The molecule has 1 aliphatic heterocycles. The topological polar surface area (TPSA) is 70.8 Å². The van der Waals surface area contributed by atoms with E-state index in [1.807, 2.05) is 32.0 Å². The highest BCUT2D eigenvalue weighted by atomic mass is 32.2. The van der Waals surface area contributed by atoms with Crippen molar-refractivity contribution in [2.24, 2.45) is 0 Å². The van der Waals surface area contributed by atoms with Gasteiger partial charge in [-0.25, -0.2) is 4.79 Å². The van der Waals surface area contributed by atoms with Crippen LogP contribution in [0.3, 0.4) is 0 Å². The summed E-state index contributed by atoms with van der Waals surface area (Å²) in [7, 11) is 0. The zero-order valence-corrected chi connectivity index (χ0v) is 17.8. The summed E-state index contributed by atoms with van der Waals surface area (Å²) in [5, 5.41) is 9.16. The Morgan fingerprint density at radius 3 is 2.67 bits per heavy atom. The Bertz CT molecular complexity index is 1230. The first kappa shape index (κ1) is 20.1. The van der Waals surface area contributed by atoms with Crippen LogP contribution in [0, 0.1) is 13.8 Å². The first-order valence-electron chi connectivity index (χ1n) is 9.12. The van der Waals surface area contributed by atoms with Gasteiger partial charge in [0.05, 0.1) is 16.2 Å². The van der Waals surface area contributed by atoms with Crippen molar-refractivity contribution in [2.45, 2.75) is 13.8 Å². The molecular formula is C23H17NO4S2. The van der Waals surface area contributed by atoms with Gasteiger partial charge in [-0.15, -0.1) is 0 Å². The fourth-order valence-corrected chi connectivity index (χ4v) is 4.52. The minimum atomic E-state index is -1.00. The summed E-state index contributed by atoms with van der Waals surface area (Å²) in [5.74, 6) is -0.178. The number of benzene rings is 2. The van der Waals surface area contributed by atoms with Gasteiger partial charge in [-0.1, -0.05) is 53.8 Å². The van der Waals surface area contributed by atoms with Crippen LogP contribution in [-0.2, 0) is 4.79 Å². The van der Waals surface area contributed by atoms with Gasteiger partial charge >= 0.3 is 5.97 Å². The highest BCUT2D eigenvalue weighted by molar-refractivity contribution is 8.27. The molecule has 0 spiro atoms. The van der Waals surface area contributed by atoms with Gasteiger partial charge < -0.3 is 9.52 Å². The number of carboxylic acids is 1. The molecule has 150 valence electrons. The number of amides is 1. The lowest BCUT2D eigenvalue weighted by Crippen LogP contribution is -2.28. The Morgan fingerprint density at radius 1 is 1.13 bits per heavy atom. The van der Waals surface area contributed by atoms with Crippen molar-refractivity contribution in [3.05, 3.63) is 82.0 Å². The number of thiocarbonyl (C=S) groups is 1. The van der Waals surface area contributed by atoms with E-state index in [0.717, 1.165) is 16.8 Å². The standard InChI is InChI=1S/C23H17NO4S2/c1-13-6-8-18(14(2)10-13)24-21(25)20(30-23(24)29)12-17-7-9-19(28-17)15-4-3-5-16(11-15)22(26)27/h3-12H,1-2H3,(H,26,27)/b20-12-. The number of carbonyl (C=O) groups excluding carboxylic acids is 1. The smallest absolute Gasteiger partial charge is 0.335 e. The second-order valence-electron chi connectivity index (χ2n) is 6.90. The van der Waals surface area contributed by atoms with Gasteiger partial charge in [-0.2, -0.15) is 0 Å². The number of furan rings is 1. The van der Waals surface area contributed by atoms with Gasteiger partial charge in [0.25, 0.3) is 5.91 Å². The zero-order valence-electron chi connectivity index (χ0n) is 16.2. The van der Waals surface area contributed by atoms with Crippen LogP contribution in [0.2, 0.25) is 0 Å². The normalized spacial score (nSPS) is 15.3. The third kappa shape index (κ3) is 3.81. The van der Waals surface area contributed by atoms with E-state index in [9.17, 15) is 9.59 Å². The highest BCUT2D eigenvalue weighted by Gasteiger charge is 2.34. The second-order valence-corrected chi connectivity index (χ2v) is 8.57. The number of aryl methyl sites for hydroxylation is 2. The van der Waals surface area contributed by atoms with E-state index in [1.165, 1.54) is 17.8 Å². The van der Waals surface area contributed by atoms with E-state index in [0.29, 0.717) is 26.3 Å². The number of aromatic carboxylic acids is 1. The van der Waals surface area contributed by atoms with Gasteiger partial charge in [0.1, 0.15) is 11.5 Å². The SMILES string of the molecule is Cc1ccc(N2C(=O)/C(=C/c3ccc(-c4cccc(C(=O)O)c4)o3)SC2=S)c(C)c1. The first-order chi connectivity index (χ1) is 14.3. The zero-order chi connectivity index (χ0) is 21.4. The number of hydrogen-bond acceptors (Lipinski definition) is 5. The molecule has 1 aliphatic rings. The van der Waals surface area contributed by atoms with Crippen LogP contribution >= 0.6 is 24.0 Å². The third-order valence-electron chi connectivity index (χ3n) is 4.68. The maximum Gasteiger partial charge on any atom is 0.335 e. The summed E-state index contributed by atoms with van der Waals surface area (Å²) in [5.41, 5.74) is 3.70. The molecule has 0 bridgehead atoms. The van der Waals surface area contributed by atoms with Crippen molar-refractivity contribution in [3.63, 3.8) is 0 Å². The Kier molecular flexibility index (Phi) is 5.32. The predicted octanol–water partition coefficient (Wildman–Crippen LogP) is 5.67. The van der Waals surface area contributed by atoms with E-state index in [4.69, 9.17) is 21.7 Å². The van der Waals surface area contributed by atoms with Gasteiger partial charge in [0.15, 0.2) is 4.32 Å². The summed E-state index contributed by atoms with van der Waals surface area (Å²) >= 11 is 6.67. The van der Waals surface area contributed by atoms with E-state index >= 15 is 0 Å². The molecule has 7 heteroatoms. The monoisotopic (exact) mass is 435 g/mol. The summed E-state index contributed by atoms with van der Waals surface area (Å²) in [6.45, 7) is 3.95. The Balaban J connectivity index is 1.62. The molecule has 2 heterocycles. The lowest BCUT2D eigenvalue weighted by molar-refractivity contribution is -0.113. The number of rotatable bonds is 4. The molecule has 1 N–H and O–H groups in total. The molecule has 4 rings (SSSR count). The maximum atomic E-state index is 13.0. The van der Waals surface area contributed by atoms with Crippen molar-refractivity contribution in [2.75, 3.05) is 4.90 Å². The van der Waals surface area contributed by atoms with Crippen molar-refractivity contribution in [1.82, 2.24) is 0 Å². The van der Waals surface area contributed by atoms with Gasteiger partial charge in [-0.05, 0) is 49.7 Å². The minimum Gasteiger partial charge on any atom is -0.478 e. The van der Waals surface area contributed by atoms with E-state index in [2.05, 4.69) is 0 Å². The van der Waals surface area contributed by atoms with Gasteiger partial charge in [-0.3, -0.25) is 9.69 Å². The molecule has 1 aromatic heterocycles. The van der Waals surface area contributed by atoms with Crippen LogP contribution in [0.15, 0.2) is 63.9 Å². The van der Waals surface area contributed by atoms with E-state index < -0.39 is 5.97 Å². The fourth-order valence-electron chi connectivity index (χ4n) is 3.25. The lowest BCUT2D eigenvalue weighted by Gasteiger charge is -2.17. The van der Waals surface area contributed by atoms with Crippen molar-refractivity contribution in [3.8, 4) is 11.3 Å². The quantitative estimate of drug-likeness (QED) is 0.421. The van der Waals surface area contributed by atoms with E-state index in [-0.39, 0.29) is 11.5 Å².